The summed E-state index contributed by atoms with van der Waals surface area (Å²) in [5.41, 5.74) is 6.94. The largest absolute Gasteiger partial charge is 0.493 e. The molecule has 30 heavy (non-hydrogen) atoms. The molecule has 0 radical (unpaired) electrons. The van der Waals surface area contributed by atoms with Crippen LogP contribution in [0.3, 0.4) is 0 Å². The van der Waals surface area contributed by atoms with Crippen molar-refractivity contribution in [2.24, 2.45) is 5.92 Å². The van der Waals surface area contributed by atoms with Gasteiger partial charge in [0.15, 0.2) is 11.5 Å². The number of carbonyl (C=O) groups is 1. The van der Waals surface area contributed by atoms with Crippen LogP contribution in [0.4, 0.5) is 11.8 Å². The minimum atomic E-state index is 0.203. The maximum atomic E-state index is 12.9. The van der Waals surface area contributed by atoms with Gasteiger partial charge in [0, 0.05) is 43.5 Å². The number of aromatic nitrogens is 2. The summed E-state index contributed by atoms with van der Waals surface area (Å²) in [4.78, 5) is 26.3. The van der Waals surface area contributed by atoms with Gasteiger partial charge in [0.1, 0.15) is 5.82 Å². The van der Waals surface area contributed by atoms with Gasteiger partial charge in [-0.15, -0.1) is 0 Å². The molecule has 1 aromatic heterocycles. The van der Waals surface area contributed by atoms with E-state index >= 15 is 0 Å². The Kier molecular flexibility index (Phi) is 6.11. The van der Waals surface area contributed by atoms with Crippen molar-refractivity contribution < 1.29 is 14.3 Å². The van der Waals surface area contributed by atoms with Gasteiger partial charge in [-0.3, -0.25) is 4.79 Å². The summed E-state index contributed by atoms with van der Waals surface area (Å²) >= 11 is 0. The molecule has 1 amide bonds. The van der Waals surface area contributed by atoms with Crippen LogP contribution in [0, 0.1) is 5.92 Å². The Balaban J connectivity index is 1.48. The normalized spacial score (nSPS) is 18.3. The summed E-state index contributed by atoms with van der Waals surface area (Å²) in [5.74, 6) is 2.73. The van der Waals surface area contributed by atoms with Gasteiger partial charge < -0.3 is 25.0 Å². The predicted octanol–water partition coefficient (Wildman–Crippen LogP) is 2.85. The highest BCUT2D eigenvalue weighted by molar-refractivity contribution is 5.91. The SMILES string of the molecule is COc1cc2nc(N3CCN(C(=O)C4CCCCCC4)CC3)nc(N)c2cc1OC. The molecule has 0 atom stereocenters. The molecule has 0 bridgehead atoms. The molecule has 1 saturated carbocycles. The van der Waals surface area contributed by atoms with Crippen LogP contribution in [0.1, 0.15) is 38.5 Å². The van der Waals surface area contributed by atoms with Crippen molar-refractivity contribution >= 4 is 28.6 Å². The summed E-state index contributed by atoms with van der Waals surface area (Å²) in [6.07, 6.45) is 6.94. The second kappa shape index (κ2) is 8.93. The lowest BCUT2D eigenvalue weighted by Crippen LogP contribution is -2.50. The molecule has 162 valence electrons. The molecule has 2 aliphatic rings. The van der Waals surface area contributed by atoms with E-state index in [-0.39, 0.29) is 5.92 Å². The van der Waals surface area contributed by atoms with Crippen molar-refractivity contribution in [3.05, 3.63) is 12.1 Å². The fourth-order valence-corrected chi connectivity index (χ4v) is 4.52. The summed E-state index contributed by atoms with van der Waals surface area (Å²) < 4.78 is 10.7. The van der Waals surface area contributed by atoms with Crippen LogP contribution in [-0.4, -0.2) is 61.2 Å². The van der Waals surface area contributed by atoms with Crippen LogP contribution in [0.2, 0.25) is 0 Å². The van der Waals surface area contributed by atoms with Crippen molar-refractivity contribution in [3.8, 4) is 11.5 Å². The lowest BCUT2D eigenvalue weighted by Gasteiger charge is -2.36. The third kappa shape index (κ3) is 4.08. The minimum Gasteiger partial charge on any atom is -0.493 e. The first kappa shape index (κ1) is 20.5. The zero-order valence-corrected chi connectivity index (χ0v) is 17.9. The zero-order valence-electron chi connectivity index (χ0n) is 17.9. The van der Waals surface area contributed by atoms with E-state index in [2.05, 4.69) is 9.88 Å². The number of ether oxygens (including phenoxy) is 2. The highest BCUT2D eigenvalue weighted by Crippen LogP contribution is 2.34. The molecule has 2 aromatic rings. The van der Waals surface area contributed by atoms with Crippen LogP contribution < -0.4 is 20.1 Å². The van der Waals surface area contributed by atoms with E-state index in [9.17, 15) is 4.79 Å². The Bertz CT molecular complexity index is 903. The van der Waals surface area contributed by atoms with Gasteiger partial charge in [0.05, 0.1) is 19.7 Å². The Morgan fingerprint density at radius 3 is 2.23 bits per heavy atom. The molecule has 1 aliphatic heterocycles. The van der Waals surface area contributed by atoms with Crippen molar-refractivity contribution in [2.75, 3.05) is 51.0 Å². The average Bonchev–Trinajstić information content (AvgIpc) is 3.07. The maximum absolute atomic E-state index is 12.9. The summed E-state index contributed by atoms with van der Waals surface area (Å²) in [6, 6.07) is 3.62. The number of hydrogen-bond donors (Lipinski definition) is 1. The molecular weight excluding hydrogens is 382 g/mol. The van der Waals surface area contributed by atoms with Crippen molar-refractivity contribution in [3.63, 3.8) is 0 Å². The van der Waals surface area contributed by atoms with Gasteiger partial charge >= 0.3 is 0 Å². The number of benzene rings is 1. The fraction of sp³-hybridized carbons (Fsp3) is 0.591. The Morgan fingerprint density at radius 1 is 0.967 bits per heavy atom. The third-order valence-corrected chi connectivity index (χ3v) is 6.30. The minimum absolute atomic E-state index is 0.203. The summed E-state index contributed by atoms with van der Waals surface area (Å²) in [6.45, 7) is 2.80. The maximum Gasteiger partial charge on any atom is 0.228 e. The monoisotopic (exact) mass is 413 g/mol. The van der Waals surface area contributed by atoms with Crippen LogP contribution in [0.25, 0.3) is 10.9 Å². The molecule has 4 rings (SSSR count). The van der Waals surface area contributed by atoms with E-state index in [0.717, 1.165) is 18.2 Å². The summed E-state index contributed by atoms with van der Waals surface area (Å²) in [5, 5.41) is 0.735. The molecular formula is C22H31N5O3. The van der Waals surface area contributed by atoms with Crippen molar-refractivity contribution in [1.82, 2.24) is 14.9 Å². The number of nitrogens with two attached hydrogens (primary N) is 1. The lowest BCUT2D eigenvalue weighted by atomic mass is 9.98. The van der Waals surface area contributed by atoms with Gasteiger partial charge in [-0.05, 0) is 18.9 Å². The standard InChI is InChI=1S/C22H31N5O3/c1-29-18-13-16-17(14-19(18)30-2)24-22(25-20(16)23)27-11-9-26(10-12-27)21(28)15-7-5-3-4-6-8-15/h13-15H,3-12H2,1-2H3,(H2,23,24,25). The number of rotatable bonds is 4. The molecule has 0 unspecified atom stereocenters. The number of amides is 1. The van der Waals surface area contributed by atoms with Crippen LogP contribution >= 0.6 is 0 Å². The van der Waals surface area contributed by atoms with Gasteiger partial charge in [0.2, 0.25) is 11.9 Å². The Hall–Kier alpha value is -2.77. The van der Waals surface area contributed by atoms with Crippen LogP contribution in [-0.2, 0) is 4.79 Å². The van der Waals surface area contributed by atoms with Gasteiger partial charge in [-0.1, -0.05) is 25.7 Å². The van der Waals surface area contributed by atoms with Gasteiger partial charge in [-0.25, -0.2) is 4.98 Å². The van der Waals surface area contributed by atoms with E-state index in [1.165, 1.54) is 25.7 Å². The highest BCUT2D eigenvalue weighted by Gasteiger charge is 2.28. The number of anilines is 2. The molecule has 0 spiro atoms. The second-order valence-corrected chi connectivity index (χ2v) is 8.13. The van der Waals surface area contributed by atoms with E-state index in [4.69, 9.17) is 20.2 Å². The summed E-state index contributed by atoms with van der Waals surface area (Å²) in [7, 11) is 3.19. The van der Waals surface area contributed by atoms with E-state index in [0.29, 0.717) is 60.9 Å². The van der Waals surface area contributed by atoms with Crippen molar-refractivity contribution in [1.29, 1.82) is 0 Å². The smallest absolute Gasteiger partial charge is 0.228 e. The van der Waals surface area contributed by atoms with Gasteiger partial charge in [0.25, 0.3) is 0 Å². The number of nitrogens with zero attached hydrogens (tertiary/aromatic N) is 4. The molecule has 2 N–H and O–H groups in total. The molecule has 8 heteroatoms. The van der Waals surface area contributed by atoms with Crippen molar-refractivity contribution in [2.45, 2.75) is 38.5 Å². The van der Waals surface area contributed by atoms with E-state index in [1.807, 2.05) is 11.0 Å². The Labute approximate surface area is 177 Å². The number of hydrogen-bond acceptors (Lipinski definition) is 7. The Morgan fingerprint density at radius 2 is 1.60 bits per heavy atom. The predicted molar refractivity (Wildman–Crippen MR) is 117 cm³/mol. The van der Waals surface area contributed by atoms with Crippen LogP contribution in [0.15, 0.2) is 12.1 Å². The van der Waals surface area contributed by atoms with Crippen LogP contribution in [0.5, 0.6) is 11.5 Å². The number of piperazine rings is 1. The lowest BCUT2D eigenvalue weighted by molar-refractivity contribution is -0.136. The zero-order chi connectivity index (χ0) is 21.1. The first-order valence-corrected chi connectivity index (χ1v) is 10.8. The number of methoxy groups -OCH3 is 2. The highest BCUT2D eigenvalue weighted by atomic mass is 16.5. The molecule has 1 saturated heterocycles. The van der Waals surface area contributed by atoms with Gasteiger partial charge in [-0.2, -0.15) is 4.98 Å². The topological polar surface area (TPSA) is 93.8 Å². The third-order valence-electron chi connectivity index (χ3n) is 6.30. The average molecular weight is 414 g/mol. The number of nitrogen functional groups attached to an aromatic ring is 1. The molecule has 8 nitrogen and oxygen atoms in total. The van der Waals surface area contributed by atoms with E-state index in [1.54, 1.807) is 20.3 Å². The molecule has 2 heterocycles. The number of carbonyl (C=O) groups excluding carboxylic acids is 1. The second-order valence-electron chi connectivity index (χ2n) is 8.13. The quantitative estimate of drug-likeness (QED) is 0.770. The molecule has 1 aliphatic carbocycles. The number of fused-ring (bicyclic) bond motifs is 1. The first-order chi connectivity index (χ1) is 14.6. The first-order valence-electron chi connectivity index (χ1n) is 10.8. The molecule has 1 aromatic carbocycles. The van der Waals surface area contributed by atoms with E-state index < -0.39 is 0 Å². The fourth-order valence-electron chi connectivity index (χ4n) is 4.52. The molecule has 2 fully saturated rings.